The molecule has 3 aliphatic carbocycles. The van der Waals surface area contributed by atoms with Gasteiger partial charge in [0.15, 0.2) is 0 Å². The molecule has 0 heterocycles. The molecule has 0 amide bonds. The van der Waals surface area contributed by atoms with Gasteiger partial charge in [-0.3, -0.25) is 0 Å². The smallest absolute Gasteiger partial charge is 0.206 e. The van der Waals surface area contributed by atoms with E-state index >= 15 is 0 Å². The van der Waals surface area contributed by atoms with Gasteiger partial charge in [-0.15, -0.1) is 0 Å². The van der Waals surface area contributed by atoms with Crippen LogP contribution in [-0.4, -0.2) is 59.2 Å². The number of hydrogen-bond acceptors (Lipinski definition) is 0. The topological polar surface area (TPSA) is 0 Å². The standard InChI is InChI=1S/C14H4F20/c15-5(16)1-2(8(21,22)12(29,30)11(27,28)7(1,19)20)6(17,18)4-3(5)9(23,24)13(31,32)14(33,34)10(4,25)26/h1-4H. The van der Waals surface area contributed by atoms with Crippen LogP contribution >= 0.6 is 0 Å². The van der Waals surface area contributed by atoms with Crippen LogP contribution in [-0.2, 0) is 0 Å². The van der Waals surface area contributed by atoms with Crippen molar-refractivity contribution in [2.45, 2.75) is 59.2 Å². The van der Waals surface area contributed by atoms with E-state index in [0.29, 0.717) is 0 Å². The van der Waals surface area contributed by atoms with E-state index in [4.69, 9.17) is 0 Å². The Morgan fingerprint density at radius 1 is 0.235 bits per heavy atom. The van der Waals surface area contributed by atoms with E-state index in [9.17, 15) is 87.8 Å². The van der Waals surface area contributed by atoms with Crippen molar-refractivity contribution in [1.82, 2.24) is 0 Å². The molecule has 34 heavy (non-hydrogen) atoms. The highest BCUT2D eigenvalue weighted by Crippen LogP contribution is 2.79. The Balaban J connectivity index is 2.51. The molecule has 0 spiro atoms. The van der Waals surface area contributed by atoms with Crippen LogP contribution in [0.2, 0.25) is 0 Å². The molecule has 3 fully saturated rings. The zero-order chi connectivity index (χ0) is 27.3. The van der Waals surface area contributed by atoms with Crippen molar-refractivity contribution in [3.05, 3.63) is 0 Å². The van der Waals surface area contributed by atoms with Gasteiger partial charge in [-0.1, -0.05) is 0 Å². The number of rotatable bonds is 0. The molecule has 0 bridgehead atoms. The quantitative estimate of drug-likeness (QED) is 0.289. The molecule has 3 aliphatic rings. The molecule has 0 aromatic rings. The molecule has 0 aliphatic heterocycles. The van der Waals surface area contributed by atoms with Gasteiger partial charge in [0.25, 0.3) is 11.8 Å². The lowest BCUT2D eigenvalue weighted by Gasteiger charge is -2.63. The lowest BCUT2D eigenvalue weighted by molar-refractivity contribution is -0.517. The number of hydrogen-bond donors (Lipinski definition) is 0. The average Bonchev–Trinajstić information content (AvgIpc) is 2.58. The van der Waals surface area contributed by atoms with Gasteiger partial charge in [-0.25, -0.2) is 17.6 Å². The second-order valence-electron chi connectivity index (χ2n) is 8.05. The van der Waals surface area contributed by atoms with Crippen molar-refractivity contribution in [2.24, 2.45) is 23.7 Å². The molecule has 0 aromatic carbocycles. The van der Waals surface area contributed by atoms with E-state index in [1.165, 1.54) is 0 Å². The van der Waals surface area contributed by atoms with Crippen molar-refractivity contribution in [2.75, 3.05) is 0 Å². The Labute approximate surface area is 172 Å². The second kappa shape index (κ2) is 5.94. The predicted octanol–water partition coefficient (Wildman–Crippen LogP) is 6.85. The van der Waals surface area contributed by atoms with Crippen LogP contribution in [0.5, 0.6) is 0 Å². The maximum Gasteiger partial charge on any atom is 0.378 e. The number of fused-ring (bicyclic) bond motifs is 2. The summed E-state index contributed by atoms with van der Waals surface area (Å²) in [6.45, 7) is 0. The summed E-state index contributed by atoms with van der Waals surface area (Å²) in [5.41, 5.74) is 0. The summed E-state index contributed by atoms with van der Waals surface area (Å²) in [4.78, 5) is 0. The summed E-state index contributed by atoms with van der Waals surface area (Å²) in [6.07, 6.45) is 0. The highest BCUT2D eigenvalue weighted by molar-refractivity contribution is 5.30. The highest BCUT2D eigenvalue weighted by atomic mass is 19.4. The Kier molecular flexibility index (Phi) is 4.75. The van der Waals surface area contributed by atoms with Crippen molar-refractivity contribution in [1.29, 1.82) is 0 Å². The van der Waals surface area contributed by atoms with Crippen LogP contribution in [0.15, 0.2) is 0 Å². The Hall–Kier alpha value is -1.40. The summed E-state index contributed by atoms with van der Waals surface area (Å²) in [5.74, 6) is -100. The van der Waals surface area contributed by atoms with E-state index in [1.807, 2.05) is 0 Å². The van der Waals surface area contributed by atoms with Gasteiger partial charge < -0.3 is 0 Å². The van der Waals surface area contributed by atoms with Gasteiger partial charge in [-0.2, -0.15) is 70.2 Å². The van der Waals surface area contributed by atoms with E-state index in [1.54, 1.807) is 0 Å². The van der Waals surface area contributed by atoms with E-state index in [2.05, 4.69) is 0 Å². The van der Waals surface area contributed by atoms with Crippen LogP contribution < -0.4 is 0 Å². The largest absolute Gasteiger partial charge is 0.378 e. The summed E-state index contributed by atoms with van der Waals surface area (Å²) in [7, 11) is 0. The third-order valence-electron chi connectivity index (χ3n) is 6.35. The zero-order valence-electron chi connectivity index (χ0n) is 14.9. The molecule has 3 rings (SSSR count). The van der Waals surface area contributed by atoms with Crippen LogP contribution in [0.4, 0.5) is 87.8 Å². The first-order valence-electron chi connectivity index (χ1n) is 8.26. The number of halogens is 20. The molecule has 0 nitrogen and oxygen atoms in total. The van der Waals surface area contributed by atoms with Gasteiger partial charge in [0, 0.05) is 0 Å². The Bertz CT molecular complexity index is 742. The minimum absolute atomic E-state index is 6.12. The summed E-state index contributed by atoms with van der Waals surface area (Å²) in [5, 5.41) is 0. The number of alkyl halides is 20. The molecule has 3 saturated carbocycles. The first-order chi connectivity index (χ1) is 14.5. The SMILES string of the molecule is FC1(F)C2C(C(F)(F)C3C1C(F)(F)C(F)(F)C(F)(F)C3(F)F)C(F)(F)C(F)(F)C(F)(F)C2(F)F. The van der Waals surface area contributed by atoms with Crippen molar-refractivity contribution in [3.63, 3.8) is 0 Å². The van der Waals surface area contributed by atoms with Gasteiger partial charge >= 0.3 is 47.4 Å². The normalized spacial score (nSPS) is 42.7. The summed E-state index contributed by atoms with van der Waals surface area (Å²) >= 11 is 0. The molecule has 200 valence electrons. The Morgan fingerprint density at radius 2 is 0.353 bits per heavy atom. The summed E-state index contributed by atoms with van der Waals surface area (Å²) < 4.78 is 278. The molecule has 20 heteroatoms. The van der Waals surface area contributed by atoms with Crippen LogP contribution in [0.1, 0.15) is 0 Å². The molecular weight excluding hydrogens is 548 g/mol. The predicted molar refractivity (Wildman–Crippen MR) is 63.4 cm³/mol. The maximum atomic E-state index is 14.6. The minimum Gasteiger partial charge on any atom is -0.206 e. The van der Waals surface area contributed by atoms with E-state index in [0.717, 1.165) is 0 Å². The minimum atomic E-state index is -7.77. The van der Waals surface area contributed by atoms with Crippen LogP contribution in [0.25, 0.3) is 0 Å². The van der Waals surface area contributed by atoms with Crippen LogP contribution in [0, 0.1) is 23.7 Å². The second-order valence-corrected chi connectivity index (χ2v) is 8.05. The fourth-order valence-electron chi connectivity index (χ4n) is 4.70. The first kappa shape index (κ1) is 27.2. The monoisotopic (exact) mass is 552 g/mol. The Morgan fingerprint density at radius 3 is 0.471 bits per heavy atom. The molecule has 0 aromatic heterocycles. The average molecular weight is 552 g/mol. The van der Waals surface area contributed by atoms with Gasteiger partial charge in [0.05, 0.1) is 0 Å². The van der Waals surface area contributed by atoms with Crippen LogP contribution in [0.3, 0.4) is 0 Å². The summed E-state index contributed by atoms with van der Waals surface area (Å²) in [6, 6.07) is 0. The van der Waals surface area contributed by atoms with E-state index in [-0.39, 0.29) is 0 Å². The fraction of sp³-hybridized carbons (Fsp3) is 1.00. The van der Waals surface area contributed by atoms with Gasteiger partial charge in [-0.05, 0) is 0 Å². The van der Waals surface area contributed by atoms with E-state index < -0.39 is 82.9 Å². The molecule has 0 N–H and O–H groups in total. The molecular formula is C14H4F20. The third kappa shape index (κ3) is 2.27. The maximum absolute atomic E-state index is 14.6. The molecule has 0 saturated heterocycles. The lowest BCUT2D eigenvalue weighted by atomic mass is 9.50. The lowest BCUT2D eigenvalue weighted by Crippen LogP contribution is -2.87. The van der Waals surface area contributed by atoms with Crippen molar-refractivity contribution in [3.8, 4) is 0 Å². The van der Waals surface area contributed by atoms with Gasteiger partial charge in [0.1, 0.15) is 23.7 Å². The molecule has 4 unspecified atom stereocenters. The highest BCUT2D eigenvalue weighted by Gasteiger charge is 3.03. The first-order valence-corrected chi connectivity index (χ1v) is 8.26. The third-order valence-corrected chi connectivity index (χ3v) is 6.35. The zero-order valence-corrected chi connectivity index (χ0v) is 14.9. The fourth-order valence-corrected chi connectivity index (χ4v) is 4.70. The molecule has 4 atom stereocenters. The van der Waals surface area contributed by atoms with Crippen molar-refractivity contribution < 1.29 is 87.8 Å². The molecule has 0 radical (unpaired) electrons. The van der Waals surface area contributed by atoms with Crippen molar-refractivity contribution >= 4 is 0 Å². The van der Waals surface area contributed by atoms with Gasteiger partial charge in [0.2, 0.25) is 0 Å².